The zero-order valence-electron chi connectivity index (χ0n) is 28.9. The summed E-state index contributed by atoms with van der Waals surface area (Å²) in [7, 11) is 0. The number of fused-ring (bicyclic) bond motifs is 8. The molecule has 2 heteroatoms. The van der Waals surface area contributed by atoms with Crippen molar-refractivity contribution in [3.8, 4) is 44.5 Å². The first-order valence-corrected chi connectivity index (χ1v) is 18.2. The SMILES string of the molecule is c1ccc(-c2cc3c4c(nccc4c2)N(c2cccc(-c4cccc(-c5ccc6c7ccccc7c7ccccc7c6c5)c4)c2)c2ccccc2-3)cc1. The van der Waals surface area contributed by atoms with Crippen molar-refractivity contribution >= 4 is 60.3 Å². The largest absolute Gasteiger partial charge is 0.294 e. The van der Waals surface area contributed by atoms with Crippen LogP contribution in [0.5, 0.6) is 0 Å². The van der Waals surface area contributed by atoms with E-state index in [-0.39, 0.29) is 0 Å². The van der Waals surface area contributed by atoms with E-state index in [9.17, 15) is 0 Å². The number of hydrogen-bond acceptors (Lipinski definition) is 2. The molecular formula is C51H32N2. The number of rotatable bonds is 4. The molecule has 11 rings (SSSR count). The molecule has 2 heterocycles. The number of anilines is 3. The van der Waals surface area contributed by atoms with Crippen LogP contribution in [0.3, 0.4) is 0 Å². The van der Waals surface area contributed by atoms with E-state index in [0.717, 1.165) is 22.8 Å². The van der Waals surface area contributed by atoms with Gasteiger partial charge in [-0.2, -0.15) is 0 Å². The van der Waals surface area contributed by atoms with E-state index >= 15 is 0 Å². The van der Waals surface area contributed by atoms with Crippen LogP contribution in [-0.2, 0) is 0 Å². The lowest BCUT2D eigenvalue weighted by atomic mass is 9.89. The Balaban J connectivity index is 1.03. The topological polar surface area (TPSA) is 16.1 Å². The third-order valence-corrected chi connectivity index (χ3v) is 11.0. The van der Waals surface area contributed by atoms with Crippen LogP contribution >= 0.6 is 0 Å². The summed E-state index contributed by atoms with van der Waals surface area (Å²) < 4.78 is 0. The average molecular weight is 673 g/mol. The molecule has 0 saturated carbocycles. The third kappa shape index (κ3) is 4.70. The fourth-order valence-electron chi connectivity index (χ4n) is 8.54. The molecule has 0 atom stereocenters. The van der Waals surface area contributed by atoms with Crippen LogP contribution in [0.25, 0.3) is 87.6 Å². The molecule has 1 aliphatic rings. The second-order valence-electron chi connectivity index (χ2n) is 14.0. The van der Waals surface area contributed by atoms with Gasteiger partial charge in [-0.25, -0.2) is 4.98 Å². The second-order valence-corrected chi connectivity index (χ2v) is 14.0. The van der Waals surface area contributed by atoms with E-state index in [1.807, 2.05) is 6.20 Å². The lowest BCUT2D eigenvalue weighted by molar-refractivity contribution is 1.19. The van der Waals surface area contributed by atoms with Gasteiger partial charge in [-0.3, -0.25) is 4.90 Å². The molecule has 10 aromatic rings. The van der Waals surface area contributed by atoms with Crippen molar-refractivity contribution in [1.82, 2.24) is 4.98 Å². The van der Waals surface area contributed by atoms with Gasteiger partial charge in [0.1, 0.15) is 5.82 Å². The van der Waals surface area contributed by atoms with Crippen LogP contribution in [0.2, 0.25) is 0 Å². The Bertz CT molecular complexity index is 3030. The number of pyridine rings is 1. The van der Waals surface area contributed by atoms with Gasteiger partial charge in [0.05, 0.1) is 5.69 Å². The summed E-state index contributed by atoms with van der Waals surface area (Å²) in [4.78, 5) is 7.38. The summed E-state index contributed by atoms with van der Waals surface area (Å²) in [5.41, 5.74) is 11.8. The summed E-state index contributed by atoms with van der Waals surface area (Å²) >= 11 is 0. The Morgan fingerprint density at radius 1 is 0.340 bits per heavy atom. The van der Waals surface area contributed by atoms with E-state index in [1.54, 1.807) is 0 Å². The van der Waals surface area contributed by atoms with Gasteiger partial charge < -0.3 is 0 Å². The predicted molar refractivity (Wildman–Crippen MR) is 224 cm³/mol. The zero-order chi connectivity index (χ0) is 34.9. The lowest BCUT2D eigenvalue weighted by Gasteiger charge is -2.33. The molecule has 0 amide bonds. The van der Waals surface area contributed by atoms with Crippen LogP contribution in [0.15, 0.2) is 194 Å². The predicted octanol–water partition coefficient (Wildman–Crippen LogP) is 14.1. The fourth-order valence-corrected chi connectivity index (χ4v) is 8.54. The summed E-state index contributed by atoms with van der Waals surface area (Å²) in [5, 5.41) is 10.1. The Kier molecular flexibility index (Phi) is 6.59. The highest BCUT2D eigenvalue weighted by Crippen LogP contribution is 2.51. The van der Waals surface area contributed by atoms with E-state index in [2.05, 4.69) is 193 Å². The quantitative estimate of drug-likeness (QED) is 0.173. The zero-order valence-corrected chi connectivity index (χ0v) is 28.9. The second kappa shape index (κ2) is 11.8. The van der Waals surface area contributed by atoms with Crippen molar-refractivity contribution < 1.29 is 0 Å². The van der Waals surface area contributed by atoms with Gasteiger partial charge in [0.2, 0.25) is 0 Å². The third-order valence-electron chi connectivity index (χ3n) is 11.0. The Labute approximate surface area is 307 Å². The van der Waals surface area contributed by atoms with Crippen molar-refractivity contribution in [2.75, 3.05) is 4.90 Å². The molecular weight excluding hydrogens is 641 g/mol. The van der Waals surface area contributed by atoms with Crippen LogP contribution in [0.4, 0.5) is 17.2 Å². The van der Waals surface area contributed by atoms with Gasteiger partial charge in [0.15, 0.2) is 0 Å². The minimum Gasteiger partial charge on any atom is -0.294 e. The van der Waals surface area contributed by atoms with E-state index < -0.39 is 0 Å². The monoisotopic (exact) mass is 672 g/mol. The molecule has 0 aliphatic carbocycles. The van der Waals surface area contributed by atoms with Crippen molar-refractivity contribution in [2.24, 2.45) is 0 Å². The molecule has 1 aliphatic heterocycles. The van der Waals surface area contributed by atoms with E-state index in [4.69, 9.17) is 4.98 Å². The van der Waals surface area contributed by atoms with Crippen LogP contribution < -0.4 is 4.90 Å². The molecule has 246 valence electrons. The Morgan fingerprint density at radius 2 is 0.925 bits per heavy atom. The summed E-state index contributed by atoms with van der Waals surface area (Å²) in [6, 6.07) is 68.5. The van der Waals surface area contributed by atoms with E-state index in [1.165, 1.54) is 82.0 Å². The molecule has 9 aromatic carbocycles. The number of aromatic nitrogens is 1. The van der Waals surface area contributed by atoms with Crippen LogP contribution in [0, 0.1) is 0 Å². The van der Waals surface area contributed by atoms with Gasteiger partial charge in [-0.15, -0.1) is 0 Å². The first-order chi connectivity index (χ1) is 26.3. The Morgan fingerprint density at radius 3 is 1.68 bits per heavy atom. The standard InChI is InChI=1S/C51H32N2/c1-2-12-33(13-3-1)39-29-38-26-27-52-51-50(38)48(32-39)46-22-8-9-23-49(46)53(51)40-17-11-16-36(30-40)34-14-10-15-35(28-34)37-24-25-45-43-20-5-4-18-41(43)42-19-6-7-21-44(42)47(45)31-37/h1-32H. The smallest absolute Gasteiger partial charge is 0.146 e. The fraction of sp³-hybridized carbons (Fsp3) is 0. The lowest BCUT2D eigenvalue weighted by Crippen LogP contribution is -2.16. The maximum Gasteiger partial charge on any atom is 0.146 e. The maximum atomic E-state index is 5.04. The van der Waals surface area contributed by atoms with Crippen molar-refractivity contribution in [3.63, 3.8) is 0 Å². The number of nitrogens with zero attached hydrogens (tertiary/aromatic N) is 2. The highest BCUT2D eigenvalue weighted by molar-refractivity contribution is 6.25. The Hall–Kier alpha value is -7.03. The first kappa shape index (κ1) is 29.7. The van der Waals surface area contributed by atoms with Crippen LogP contribution in [-0.4, -0.2) is 4.98 Å². The number of para-hydroxylation sites is 1. The molecule has 0 N–H and O–H groups in total. The number of benzene rings is 9. The van der Waals surface area contributed by atoms with Crippen molar-refractivity contribution in [2.45, 2.75) is 0 Å². The summed E-state index contributed by atoms with van der Waals surface area (Å²) in [6.45, 7) is 0. The first-order valence-electron chi connectivity index (χ1n) is 18.2. The molecule has 53 heavy (non-hydrogen) atoms. The molecule has 0 radical (unpaired) electrons. The number of hydrogen-bond donors (Lipinski definition) is 0. The minimum atomic E-state index is 0.956. The summed E-state index contributed by atoms with van der Waals surface area (Å²) in [5.74, 6) is 0.956. The molecule has 0 saturated heterocycles. The maximum absolute atomic E-state index is 5.04. The highest BCUT2D eigenvalue weighted by Gasteiger charge is 2.27. The van der Waals surface area contributed by atoms with E-state index in [0.29, 0.717) is 0 Å². The van der Waals surface area contributed by atoms with Crippen LogP contribution in [0.1, 0.15) is 0 Å². The molecule has 2 nitrogen and oxygen atoms in total. The molecule has 0 unspecified atom stereocenters. The summed E-state index contributed by atoms with van der Waals surface area (Å²) in [6.07, 6.45) is 1.94. The molecule has 0 spiro atoms. The van der Waals surface area contributed by atoms with Gasteiger partial charge in [-0.05, 0) is 125 Å². The average Bonchev–Trinajstić information content (AvgIpc) is 3.24. The minimum absolute atomic E-state index is 0.956. The van der Waals surface area contributed by atoms with Crippen molar-refractivity contribution in [1.29, 1.82) is 0 Å². The van der Waals surface area contributed by atoms with Crippen molar-refractivity contribution in [3.05, 3.63) is 194 Å². The van der Waals surface area contributed by atoms with Gasteiger partial charge in [-0.1, -0.05) is 140 Å². The molecule has 1 aromatic heterocycles. The highest BCUT2D eigenvalue weighted by atomic mass is 15.2. The van der Waals surface area contributed by atoms with Gasteiger partial charge >= 0.3 is 0 Å². The van der Waals surface area contributed by atoms with Gasteiger partial charge in [0.25, 0.3) is 0 Å². The molecule has 0 bridgehead atoms. The van der Waals surface area contributed by atoms with Gasteiger partial charge in [0, 0.05) is 22.8 Å². The normalized spacial score (nSPS) is 12.1. The molecule has 0 fully saturated rings.